The molecule has 12 heteroatoms. The first kappa shape index (κ1) is 33.3. The Labute approximate surface area is 272 Å². The first-order valence-electron chi connectivity index (χ1n) is 15.4. The molecule has 3 aromatic carbocycles. The highest BCUT2D eigenvalue weighted by Gasteiger charge is 2.22. The second kappa shape index (κ2) is 15.5. The number of hydrogen-bond donors (Lipinski definition) is 2. The van der Waals surface area contributed by atoms with Gasteiger partial charge in [0.25, 0.3) is 0 Å². The number of piperidine rings is 1. The van der Waals surface area contributed by atoms with Crippen LogP contribution < -0.4 is 39.2 Å². The minimum atomic E-state index is -0.837. The summed E-state index contributed by atoms with van der Waals surface area (Å²) in [5, 5.41) is 6.58. The van der Waals surface area contributed by atoms with Gasteiger partial charge in [-0.25, -0.2) is 4.39 Å². The van der Waals surface area contributed by atoms with Crippen molar-refractivity contribution in [3.63, 3.8) is 0 Å². The van der Waals surface area contributed by atoms with Crippen molar-refractivity contribution in [1.29, 1.82) is 0 Å². The van der Waals surface area contributed by atoms with E-state index >= 15 is 4.39 Å². The van der Waals surface area contributed by atoms with Crippen molar-refractivity contribution in [2.24, 2.45) is 5.92 Å². The summed E-state index contributed by atoms with van der Waals surface area (Å²) in [5.41, 5.74) is 1.68. The predicted molar refractivity (Wildman–Crippen MR) is 176 cm³/mol. The van der Waals surface area contributed by atoms with Crippen molar-refractivity contribution in [2.75, 3.05) is 59.5 Å². The summed E-state index contributed by atoms with van der Waals surface area (Å²) in [6, 6.07) is 14.7. The van der Waals surface area contributed by atoms with Gasteiger partial charge >= 0.3 is 11.8 Å². The number of fused-ring (bicyclic) bond motifs is 1. The Hall–Kier alpha value is -5.10. The van der Waals surface area contributed by atoms with E-state index in [1.807, 2.05) is 6.07 Å². The number of nitrogens with zero attached hydrogens (tertiary/aromatic N) is 2. The average Bonchev–Trinajstić information content (AvgIpc) is 3.10. The molecule has 1 fully saturated rings. The number of carbonyl (C=O) groups is 2. The van der Waals surface area contributed by atoms with E-state index in [1.54, 1.807) is 57.9 Å². The van der Waals surface area contributed by atoms with E-state index < -0.39 is 17.6 Å². The van der Waals surface area contributed by atoms with Crippen LogP contribution in [0.5, 0.6) is 34.5 Å². The second-order valence-electron chi connectivity index (χ2n) is 11.1. The number of amides is 2. The van der Waals surface area contributed by atoms with Gasteiger partial charge in [-0.3, -0.25) is 14.6 Å². The molecule has 0 spiro atoms. The second-order valence-corrected chi connectivity index (χ2v) is 11.1. The predicted octanol–water partition coefficient (Wildman–Crippen LogP) is 4.89. The summed E-state index contributed by atoms with van der Waals surface area (Å²) in [6.45, 7) is 2.75. The molecule has 0 aliphatic carbocycles. The third-order valence-corrected chi connectivity index (χ3v) is 8.09. The smallest absolute Gasteiger partial charge is 0.316 e. The minimum Gasteiger partial charge on any atom is -0.493 e. The molecule has 5 rings (SSSR count). The molecule has 0 bridgehead atoms. The van der Waals surface area contributed by atoms with Crippen LogP contribution in [-0.2, 0) is 16.0 Å². The average molecular weight is 647 g/mol. The van der Waals surface area contributed by atoms with Crippen molar-refractivity contribution in [3.8, 4) is 34.5 Å². The number of pyridine rings is 1. The lowest BCUT2D eigenvalue weighted by Crippen LogP contribution is -2.41. The molecular weight excluding hydrogens is 607 g/mol. The highest BCUT2D eigenvalue weighted by Crippen LogP contribution is 2.38. The van der Waals surface area contributed by atoms with Crippen molar-refractivity contribution >= 4 is 28.4 Å². The molecule has 2 amide bonds. The number of methoxy groups -OCH3 is 3. The van der Waals surface area contributed by atoms with Gasteiger partial charge in [-0.15, -0.1) is 0 Å². The van der Waals surface area contributed by atoms with E-state index in [1.165, 1.54) is 19.2 Å². The molecule has 4 aromatic rings. The summed E-state index contributed by atoms with van der Waals surface area (Å²) in [7, 11) is 6.05. The number of likely N-dealkylation sites (N-methyl/N-ethyl adjacent to an activating group) is 1. The molecule has 1 aliphatic heterocycles. The number of aromatic nitrogens is 1. The SMILES string of the molecule is COc1ccc(CCNC(=O)C(=O)N(C)c2ccc(Oc3ccnc4cc(OCC5CCNCC5)c(OC)cc34)c(F)c2)cc1OC. The van der Waals surface area contributed by atoms with Gasteiger partial charge in [-0.2, -0.15) is 0 Å². The standard InChI is InChI=1S/C35H39FN4O7/c1-40(35(42)34(41)39-15-11-22-5-7-30(43-2)31(17-22)44-3)24-6-8-29(26(36)18-24)47-28-12-16-38-27-20-33(32(45-4)19-25(27)28)46-21-23-9-13-37-14-10-23/h5-8,12,16-20,23,37H,9-11,13-15,21H2,1-4H3,(H,39,41). The van der Waals surface area contributed by atoms with Crippen LogP contribution in [0.2, 0.25) is 0 Å². The third-order valence-electron chi connectivity index (χ3n) is 8.09. The van der Waals surface area contributed by atoms with Gasteiger partial charge in [0.05, 0.1) is 33.5 Å². The van der Waals surface area contributed by atoms with Gasteiger partial charge in [0.1, 0.15) is 5.75 Å². The Bertz CT molecular complexity index is 1730. The molecule has 1 aliphatic rings. The number of ether oxygens (including phenoxy) is 5. The van der Waals surface area contributed by atoms with Crippen LogP contribution in [0, 0.1) is 11.7 Å². The summed E-state index contributed by atoms with van der Waals surface area (Å²) in [5.74, 6) is 0.659. The Morgan fingerprint density at radius 3 is 2.34 bits per heavy atom. The summed E-state index contributed by atoms with van der Waals surface area (Å²) >= 11 is 0. The molecule has 2 heterocycles. The zero-order chi connectivity index (χ0) is 33.3. The molecular formula is C35H39FN4O7. The maximum atomic E-state index is 15.3. The lowest BCUT2D eigenvalue weighted by Gasteiger charge is -2.23. The first-order valence-corrected chi connectivity index (χ1v) is 15.4. The fourth-order valence-corrected chi connectivity index (χ4v) is 5.35. The molecule has 1 aromatic heterocycles. The summed E-state index contributed by atoms with van der Waals surface area (Å²) in [4.78, 5) is 30.9. The lowest BCUT2D eigenvalue weighted by molar-refractivity contribution is -0.137. The van der Waals surface area contributed by atoms with Crippen LogP contribution in [0.15, 0.2) is 60.8 Å². The fourth-order valence-electron chi connectivity index (χ4n) is 5.35. The molecule has 0 atom stereocenters. The highest BCUT2D eigenvalue weighted by molar-refractivity contribution is 6.40. The molecule has 0 unspecified atom stereocenters. The normalized spacial score (nSPS) is 13.1. The van der Waals surface area contributed by atoms with E-state index in [4.69, 9.17) is 23.7 Å². The Balaban J connectivity index is 1.22. The Morgan fingerprint density at radius 2 is 1.62 bits per heavy atom. The van der Waals surface area contributed by atoms with Gasteiger partial charge in [0.2, 0.25) is 0 Å². The van der Waals surface area contributed by atoms with E-state index in [0.29, 0.717) is 58.6 Å². The van der Waals surface area contributed by atoms with Gasteiger partial charge in [0, 0.05) is 43.0 Å². The molecule has 1 saturated heterocycles. The number of hydrogen-bond acceptors (Lipinski definition) is 9. The number of anilines is 1. The fraction of sp³-hybridized carbons (Fsp3) is 0.343. The zero-order valence-corrected chi connectivity index (χ0v) is 26.9. The number of carbonyl (C=O) groups excluding carboxylic acids is 2. The largest absolute Gasteiger partial charge is 0.493 e. The van der Waals surface area contributed by atoms with Crippen molar-refractivity contribution in [2.45, 2.75) is 19.3 Å². The van der Waals surface area contributed by atoms with Crippen molar-refractivity contribution in [3.05, 3.63) is 72.2 Å². The number of rotatable bonds is 12. The van der Waals surface area contributed by atoms with Crippen LogP contribution in [0.1, 0.15) is 18.4 Å². The maximum absolute atomic E-state index is 15.3. The van der Waals surface area contributed by atoms with Gasteiger partial charge in [-0.1, -0.05) is 6.07 Å². The van der Waals surface area contributed by atoms with Crippen molar-refractivity contribution in [1.82, 2.24) is 15.6 Å². The maximum Gasteiger partial charge on any atom is 0.316 e. The van der Waals surface area contributed by atoms with Crippen LogP contribution >= 0.6 is 0 Å². The Kier molecular flexibility index (Phi) is 10.9. The zero-order valence-electron chi connectivity index (χ0n) is 26.9. The van der Waals surface area contributed by atoms with E-state index in [0.717, 1.165) is 42.5 Å². The van der Waals surface area contributed by atoms with Crippen LogP contribution in [-0.4, -0.2) is 71.4 Å². The molecule has 248 valence electrons. The van der Waals surface area contributed by atoms with E-state index in [2.05, 4.69) is 15.6 Å². The van der Waals surface area contributed by atoms with Crippen molar-refractivity contribution < 1.29 is 37.7 Å². The number of nitrogens with one attached hydrogen (secondary N) is 2. The quantitative estimate of drug-likeness (QED) is 0.207. The lowest BCUT2D eigenvalue weighted by atomic mass is 9.99. The topological polar surface area (TPSA) is 120 Å². The molecule has 0 saturated carbocycles. The van der Waals surface area contributed by atoms with E-state index in [9.17, 15) is 9.59 Å². The van der Waals surface area contributed by atoms with Crippen LogP contribution in [0.3, 0.4) is 0 Å². The van der Waals surface area contributed by atoms with Crippen LogP contribution in [0.4, 0.5) is 10.1 Å². The third kappa shape index (κ3) is 8.01. The van der Waals surface area contributed by atoms with Crippen LogP contribution in [0.25, 0.3) is 10.9 Å². The highest BCUT2D eigenvalue weighted by atomic mass is 19.1. The molecule has 11 nitrogen and oxygen atoms in total. The minimum absolute atomic E-state index is 0.0633. The van der Waals surface area contributed by atoms with Gasteiger partial charge in [0.15, 0.2) is 34.6 Å². The Morgan fingerprint density at radius 1 is 0.894 bits per heavy atom. The number of halogens is 1. The summed E-state index contributed by atoms with van der Waals surface area (Å²) in [6.07, 6.45) is 4.14. The molecule has 47 heavy (non-hydrogen) atoms. The first-order chi connectivity index (χ1) is 22.8. The molecule has 0 radical (unpaired) electrons. The molecule has 2 N–H and O–H groups in total. The van der Waals surface area contributed by atoms with Gasteiger partial charge in [-0.05, 0) is 80.2 Å². The number of benzene rings is 3. The van der Waals surface area contributed by atoms with E-state index in [-0.39, 0.29) is 18.0 Å². The summed E-state index contributed by atoms with van der Waals surface area (Å²) < 4.78 is 43.5. The monoisotopic (exact) mass is 646 g/mol. The van der Waals surface area contributed by atoms with Gasteiger partial charge < -0.3 is 39.2 Å².